The van der Waals surface area contributed by atoms with Gasteiger partial charge in [-0.2, -0.15) is 5.10 Å². The predicted molar refractivity (Wildman–Crippen MR) is 63.9 cm³/mol. The highest BCUT2D eigenvalue weighted by molar-refractivity contribution is 5.95. The van der Waals surface area contributed by atoms with E-state index in [1.807, 2.05) is 6.92 Å². The molecule has 1 unspecified atom stereocenters. The topological polar surface area (TPSA) is 80.3 Å². The minimum atomic E-state index is -0.549. The van der Waals surface area contributed by atoms with E-state index in [4.69, 9.17) is 4.42 Å². The molecule has 0 aliphatic carbocycles. The highest BCUT2D eigenvalue weighted by Crippen LogP contribution is 2.14. The van der Waals surface area contributed by atoms with Crippen molar-refractivity contribution in [3.05, 3.63) is 41.6 Å². The second-order valence-corrected chi connectivity index (χ2v) is 3.99. The molecule has 2 aromatic rings. The van der Waals surface area contributed by atoms with Gasteiger partial charge in [0, 0.05) is 12.7 Å². The lowest BCUT2D eigenvalue weighted by Crippen LogP contribution is -2.30. The van der Waals surface area contributed by atoms with Crippen LogP contribution in [-0.2, 0) is 7.05 Å². The lowest BCUT2D eigenvalue weighted by atomic mass is 10.2. The average Bonchev–Trinajstić information content (AvgIpc) is 2.98. The Morgan fingerprint density at radius 2 is 2.44 bits per heavy atom. The van der Waals surface area contributed by atoms with Crippen LogP contribution in [0.15, 0.2) is 29.0 Å². The smallest absolute Gasteiger partial charge is 0.255 e. The van der Waals surface area contributed by atoms with Crippen molar-refractivity contribution in [2.75, 3.05) is 6.61 Å². The van der Waals surface area contributed by atoms with Crippen LogP contribution in [0.2, 0.25) is 0 Å². The van der Waals surface area contributed by atoms with Crippen LogP contribution in [0.4, 0.5) is 0 Å². The third kappa shape index (κ3) is 2.28. The second-order valence-electron chi connectivity index (χ2n) is 3.99. The van der Waals surface area contributed by atoms with Gasteiger partial charge in [0.2, 0.25) is 0 Å². The van der Waals surface area contributed by atoms with Crippen LogP contribution in [0.25, 0.3) is 0 Å². The molecule has 0 spiro atoms. The maximum absolute atomic E-state index is 12.0. The highest BCUT2D eigenvalue weighted by atomic mass is 16.3. The minimum absolute atomic E-state index is 0.224. The standard InChI is InChI=1S/C12H15N3O3/c1-8-9(6-13-15(8)2)12(17)14-10(7-16)11-4-3-5-18-11/h3-6,10,16H,7H2,1-2H3,(H,14,17). The Bertz CT molecular complexity index is 531. The van der Waals surface area contributed by atoms with Gasteiger partial charge in [-0.25, -0.2) is 0 Å². The Labute approximate surface area is 104 Å². The van der Waals surface area contributed by atoms with Crippen molar-refractivity contribution in [2.24, 2.45) is 7.05 Å². The number of amides is 1. The summed E-state index contributed by atoms with van der Waals surface area (Å²) < 4.78 is 6.78. The van der Waals surface area contributed by atoms with E-state index < -0.39 is 6.04 Å². The summed E-state index contributed by atoms with van der Waals surface area (Å²) in [6.45, 7) is 1.58. The molecule has 0 saturated heterocycles. The Hall–Kier alpha value is -2.08. The number of rotatable bonds is 4. The van der Waals surface area contributed by atoms with Crippen molar-refractivity contribution in [1.29, 1.82) is 0 Å². The van der Waals surface area contributed by atoms with E-state index in [1.54, 1.807) is 23.9 Å². The van der Waals surface area contributed by atoms with Crippen LogP contribution in [-0.4, -0.2) is 27.4 Å². The molecule has 1 atom stereocenters. The van der Waals surface area contributed by atoms with Crippen molar-refractivity contribution in [2.45, 2.75) is 13.0 Å². The van der Waals surface area contributed by atoms with Crippen LogP contribution in [0.5, 0.6) is 0 Å². The van der Waals surface area contributed by atoms with E-state index in [2.05, 4.69) is 10.4 Å². The SMILES string of the molecule is Cc1c(C(=O)NC(CO)c2ccco2)cnn1C. The summed E-state index contributed by atoms with van der Waals surface area (Å²) in [7, 11) is 1.77. The van der Waals surface area contributed by atoms with Crippen LogP contribution in [0.1, 0.15) is 27.9 Å². The van der Waals surface area contributed by atoms with Crippen molar-refractivity contribution in [3.8, 4) is 0 Å². The molecule has 0 fully saturated rings. The fourth-order valence-electron chi connectivity index (χ4n) is 1.65. The van der Waals surface area contributed by atoms with Crippen molar-refractivity contribution in [3.63, 3.8) is 0 Å². The molecule has 1 amide bonds. The summed E-state index contributed by atoms with van der Waals surface area (Å²) in [4.78, 5) is 12.0. The van der Waals surface area contributed by atoms with Gasteiger partial charge < -0.3 is 14.8 Å². The molecule has 0 aliphatic heterocycles. The first-order chi connectivity index (χ1) is 8.63. The molecule has 2 rings (SSSR count). The quantitative estimate of drug-likeness (QED) is 0.839. The number of furan rings is 1. The van der Waals surface area contributed by atoms with E-state index in [-0.39, 0.29) is 12.5 Å². The number of hydrogen-bond donors (Lipinski definition) is 2. The maximum atomic E-state index is 12.0. The first kappa shape index (κ1) is 12.4. The molecule has 0 radical (unpaired) electrons. The molecule has 96 valence electrons. The number of nitrogens with one attached hydrogen (secondary N) is 1. The van der Waals surface area contributed by atoms with Gasteiger partial charge in [0.15, 0.2) is 0 Å². The van der Waals surface area contributed by atoms with E-state index in [0.29, 0.717) is 11.3 Å². The molecule has 0 aliphatic rings. The summed E-state index contributed by atoms with van der Waals surface area (Å²) >= 11 is 0. The lowest BCUT2D eigenvalue weighted by molar-refractivity contribution is 0.0906. The molecule has 0 saturated carbocycles. The molecule has 6 nitrogen and oxygen atoms in total. The number of hydrogen-bond acceptors (Lipinski definition) is 4. The summed E-state index contributed by atoms with van der Waals surface area (Å²) in [5.41, 5.74) is 1.26. The number of aliphatic hydroxyl groups is 1. The molecule has 2 heterocycles. The van der Waals surface area contributed by atoms with Crippen LogP contribution < -0.4 is 5.32 Å². The summed E-state index contributed by atoms with van der Waals surface area (Å²) in [5, 5.41) is 16.0. The number of aryl methyl sites for hydroxylation is 1. The van der Waals surface area contributed by atoms with Crippen molar-refractivity contribution in [1.82, 2.24) is 15.1 Å². The zero-order valence-corrected chi connectivity index (χ0v) is 10.3. The van der Waals surface area contributed by atoms with Gasteiger partial charge in [-0.1, -0.05) is 0 Å². The van der Waals surface area contributed by atoms with Crippen LogP contribution >= 0.6 is 0 Å². The van der Waals surface area contributed by atoms with Gasteiger partial charge in [0.1, 0.15) is 11.8 Å². The van der Waals surface area contributed by atoms with E-state index in [1.165, 1.54) is 12.5 Å². The fraction of sp³-hybridized carbons (Fsp3) is 0.333. The number of aromatic nitrogens is 2. The molecular formula is C12H15N3O3. The molecule has 0 bridgehead atoms. The van der Waals surface area contributed by atoms with Crippen molar-refractivity contribution >= 4 is 5.91 Å². The molecular weight excluding hydrogens is 234 g/mol. The molecule has 2 aromatic heterocycles. The van der Waals surface area contributed by atoms with Gasteiger partial charge in [-0.15, -0.1) is 0 Å². The van der Waals surface area contributed by atoms with Crippen LogP contribution in [0, 0.1) is 6.92 Å². The third-order valence-electron chi connectivity index (χ3n) is 2.85. The van der Waals surface area contributed by atoms with Gasteiger partial charge in [-0.3, -0.25) is 9.48 Å². The molecule has 0 aromatic carbocycles. The second kappa shape index (κ2) is 5.05. The largest absolute Gasteiger partial charge is 0.467 e. The first-order valence-electron chi connectivity index (χ1n) is 5.57. The molecule has 2 N–H and O–H groups in total. The Morgan fingerprint density at radius 3 is 2.94 bits per heavy atom. The lowest BCUT2D eigenvalue weighted by Gasteiger charge is -2.13. The summed E-state index contributed by atoms with van der Waals surface area (Å²) in [5.74, 6) is 0.239. The first-order valence-corrected chi connectivity index (χ1v) is 5.57. The van der Waals surface area contributed by atoms with Gasteiger partial charge in [-0.05, 0) is 19.1 Å². The molecule has 18 heavy (non-hydrogen) atoms. The third-order valence-corrected chi connectivity index (χ3v) is 2.85. The zero-order chi connectivity index (χ0) is 13.1. The normalized spacial score (nSPS) is 12.4. The van der Waals surface area contributed by atoms with E-state index in [0.717, 1.165) is 5.69 Å². The van der Waals surface area contributed by atoms with E-state index in [9.17, 15) is 9.90 Å². The summed E-state index contributed by atoms with van der Waals surface area (Å²) in [6.07, 6.45) is 3.00. The molecule has 6 heteroatoms. The van der Waals surface area contributed by atoms with E-state index >= 15 is 0 Å². The Balaban J connectivity index is 2.13. The van der Waals surface area contributed by atoms with Gasteiger partial charge in [0.25, 0.3) is 5.91 Å². The average molecular weight is 249 g/mol. The van der Waals surface area contributed by atoms with Gasteiger partial charge >= 0.3 is 0 Å². The maximum Gasteiger partial charge on any atom is 0.255 e. The fourth-order valence-corrected chi connectivity index (χ4v) is 1.65. The highest BCUT2D eigenvalue weighted by Gasteiger charge is 2.19. The minimum Gasteiger partial charge on any atom is -0.467 e. The number of nitrogens with zero attached hydrogens (tertiary/aromatic N) is 2. The predicted octanol–water partition coefficient (Wildman–Crippen LogP) is 0.785. The monoisotopic (exact) mass is 249 g/mol. The number of carbonyl (C=O) groups excluding carboxylic acids is 1. The number of aliphatic hydroxyl groups excluding tert-OH is 1. The number of carbonyl (C=O) groups is 1. The Morgan fingerprint density at radius 1 is 1.67 bits per heavy atom. The summed E-state index contributed by atoms with van der Waals surface area (Å²) in [6, 6.07) is 2.86. The van der Waals surface area contributed by atoms with Crippen LogP contribution in [0.3, 0.4) is 0 Å². The zero-order valence-electron chi connectivity index (χ0n) is 10.3. The van der Waals surface area contributed by atoms with Gasteiger partial charge in [0.05, 0.1) is 24.6 Å². The Kier molecular flexibility index (Phi) is 3.47. The van der Waals surface area contributed by atoms with Crippen molar-refractivity contribution < 1.29 is 14.3 Å².